The minimum atomic E-state index is -0.124. The van der Waals surface area contributed by atoms with Crippen molar-refractivity contribution in [1.82, 2.24) is 0 Å². The number of benzene rings is 1. The molecule has 0 radical (unpaired) electrons. The van der Waals surface area contributed by atoms with E-state index < -0.39 is 0 Å². The molecule has 1 aliphatic heterocycles. The molecule has 1 heterocycles. The largest absolute Gasteiger partial charge is 0.367 e. The van der Waals surface area contributed by atoms with Crippen molar-refractivity contribution >= 4 is 17.4 Å². The number of hydrogen-bond donors (Lipinski definition) is 1. The molecule has 1 unspecified atom stereocenters. The van der Waals surface area contributed by atoms with E-state index in [0.717, 1.165) is 36.5 Å². The lowest BCUT2D eigenvalue weighted by molar-refractivity contribution is 0.594. The maximum absolute atomic E-state index is 14.2. The molecule has 0 aliphatic carbocycles. The third-order valence-electron chi connectivity index (χ3n) is 3.34. The van der Waals surface area contributed by atoms with Gasteiger partial charge in [0.15, 0.2) is 0 Å². The average Bonchev–Trinajstić information content (AvgIpc) is 2.26. The number of thioether (sulfide) groups is 1. The predicted molar refractivity (Wildman–Crippen MR) is 82.5 cm³/mol. The molecule has 2 nitrogen and oxygen atoms in total. The molecule has 0 saturated carbocycles. The van der Waals surface area contributed by atoms with Crippen LogP contribution in [0.3, 0.4) is 0 Å². The monoisotopic (exact) mass is 282 g/mol. The van der Waals surface area contributed by atoms with E-state index in [0.29, 0.717) is 0 Å². The van der Waals surface area contributed by atoms with Gasteiger partial charge in [-0.1, -0.05) is 6.07 Å². The summed E-state index contributed by atoms with van der Waals surface area (Å²) in [5.41, 5.74) is 7.45. The van der Waals surface area contributed by atoms with Crippen molar-refractivity contribution in [1.29, 1.82) is 0 Å². The van der Waals surface area contributed by atoms with Crippen LogP contribution in [-0.4, -0.2) is 29.6 Å². The van der Waals surface area contributed by atoms with Crippen molar-refractivity contribution in [2.45, 2.75) is 38.0 Å². The standard InChI is InChI=1S/C15H23FN2S/c1-11(17)8-12-4-5-14(13(16)9-12)18-6-7-19-15(2,3)10-18/h4-5,9,11H,6-8,10,17H2,1-3H3. The fourth-order valence-electron chi connectivity index (χ4n) is 2.53. The Hall–Kier alpha value is -0.740. The number of hydrogen-bond acceptors (Lipinski definition) is 3. The van der Waals surface area contributed by atoms with Gasteiger partial charge in [0.25, 0.3) is 0 Å². The Morgan fingerprint density at radius 3 is 2.79 bits per heavy atom. The zero-order chi connectivity index (χ0) is 14.0. The zero-order valence-electron chi connectivity index (χ0n) is 11.9. The quantitative estimate of drug-likeness (QED) is 0.924. The Bertz CT molecular complexity index is 446. The van der Waals surface area contributed by atoms with Crippen molar-refractivity contribution in [3.63, 3.8) is 0 Å². The summed E-state index contributed by atoms with van der Waals surface area (Å²) in [6.45, 7) is 8.17. The van der Waals surface area contributed by atoms with E-state index in [9.17, 15) is 4.39 Å². The predicted octanol–water partition coefficient (Wildman–Crippen LogP) is 3.05. The van der Waals surface area contributed by atoms with Crippen LogP contribution in [-0.2, 0) is 6.42 Å². The first-order valence-electron chi connectivity index (χ1n) is 6.80. The van der Waals surface area contributed by atoms with Crippen LogP contribution in [0.15, 0.2) is 18.2 Å². The lowest BCUT2D eigenvalue weighted by atomic mass is 10.1. The van der Waals surface area contributed by atoms with Crippen LogP contribution in [0.2, 0.25) is 0 Å². The van der Waals surface area contributed by atoms with E-state index in [1.807, 2.05) is 30.8 Å². The highest BCUT2D eigenvalue weighted by Crippen LogP contribution is 2.33. The number of rotatable bonds is 3. The number of nitrogens with two attached hydrogens (primary N) is 1. The topological polar surface area (TPSA) is 29.3 Å². The number of nitrogens with zero attached hydrogens (tertiary/aromatic N) is 1. The maximum atomic E-state index is 14.2. The molecule has 2 rings (SSSR count). The Morgan fingerprint density at radius 2 is 2.21 bits per heavy atom. The molecule has 0 bridgehead atoms. The van der Waals surface area contributed by atoms with Crippen LogP contribution in [0.4, 0.5) is 10.1 Å². The summed E-state index contributed by atoms with van der Waals surface area (Å²) in [7, 11) is 0. The smallest absolute Gasteiger partial charge is 0.146 e. The van der Waals surface area contributed by atoms with Crippen molar-refractivity contribution in [2.24, 2.45) is 5.73 Å². The Balaban J connectivity index is 2.16. The summed E-state index contributed by atoms with van der Waals surface area (Å²) < 4.78 is 14.4. The van der Waals surface area contributed by atoms with Gasteiger partial charge in [-0.15, -0.1) is 0 Å². The number of anilines is 1. The van der Waals surface area contributed by atoms with E-state index in [4.69, 9.17) is 5.73 Å². The molecule has 1 aromatic carbocycles. The molecule has 106 valence electrons. The maximum Gasteiger partial charge on any atom is 0.146 e. The van der Waals surface area contributed by atoms with E-state index >= 15 is 0 Å². The van der Waals surface area contributed by atoms with Crippen LogP contribution >= 0.6 is 11.8 Å². The van der Waals surface area contributed by atoms with Crippen molar-refractivity contribution in [3.05, 3.63) is 29.6 Å². The second-order valence-corrected chi connectivity index (χ2v) is 7.80. The fourth-order valence-corrected chi connectivity index (χ4v) is 3.64. The minimum absolute atomic E-state index is 0.0653. The Morgan fingerprint density at radius 1 is 1.47 bits per heavy atom. The van der Waals surface area contributed by atoms with Crippen LogP contribution in [0, 0.1) is 5.82 Å². The molecule has 0 amide bonds. The Kier molecular flexibility index (Phi) is 4.41. The summed E-state index contributed by atoms with van der Waals surface area (Å²) in [4.78, 5) is 2.15. The van der Waals surface area contributed by atoms with Gasteiger partial charge in [-0.25, -0.2) is 4.39 Å². The molecule has 1 fully saturated rings. The van der Waals surface area contributed by atoms with Crippen LogP contribution in [0.25, 0.3) is 0 Å². The normalized spacial score (nSPS) is 20.4. The van der Waals surface area contributed by atoms with Crippen molar-refractivity contribution < 1.29 is 4.39 Å². The average molecular weight is 282 g/mol. The fraction of sp³-hybridized carbons (Fsp3) is 0.600. The lowest BCUT2D eigenvalue weighted by Gasteiger charge is -2.39. The summed E-state index contributed by atoms with van der Waals surface area (Å²) in [6, 6.07) is 5.60. The van der Waals surface area contributed by atoms with Gasteiger partial charge >= 0.3 is 0 Å². The zero-order valence-corrected chi connectivity index (χ0v) is 12.8. The number of halogens is 1. The first-order valence-corrected chi connectivity index (χ1v) is 7.79. The molecule has 1 aliphatic rings. The van der Waals surface area contributed by atoms with Gasteiger partial charge in [-0.2, -0.15) is 11.8 Å². The molecule has 4 heteroatoms. The first-order chi connectivity index (χ1) is 8.87. The molecular weight excluding hydrogens is 259 g/mol. The van der Waals surface area contributed by atoms with Crippen molar-refractivity contribution in [3.8, 4) is 0 Å². The highest BCUT2D eigenvalue weighted by Gasteiger charge is 2.28. The lowest BCUT2D eigenvalue weighted by Crippen LogP contribution is -2.43. The summed E-state index contributed by atoms with van der Waals surface area (Å²) in [6.07, 6.45) is 0.721. The van der Waals surface area contributed by atoms with Gasteiger partial charge in [0.05, 0.1) is 5.69 Å². The second kappa shape index (κ2) is 5.71. The van der Waals surface area contributed by atoms with Gasteiger partial charge in [0.1, 0.15) is 5.82 Å². The summed E-state index contributed by atoms with van der Waals surface area (Å²) >= 11 is 1.96. The minimum Gasteiger partial charge on any atom is -0.367 e. The van der Waals surface area contributed by atoms with Crippen LogP contribution in [0.5, 0.6) is 0 Å². The van der Waals surface area contributed by atoms with Crippen molar-refractivity contribution in [2.75, 3.05) is 23.7 Å². The van der Waals surface area contributed by atoms with Gasteiger partial charge in [0.2, 0.25) is 0 Å². The molecular formula is C15H23FN2S. The molecule has 0 spiro atoms. The molecule has 19 heavy (non-hydrogen) atoms. The summed E-state index contributed by atoms with van der Waals surface area (Å²) in [5.74, 6) is 0.925. The van der Waals surface area contributed by atoms with Gasteiger partial charge < -0.3 is 10.6 Å². The van der Waals surface area contributed by atoms with E-state index in [1.54, 1.807) is 6.07 Å². The first kappa shape index (κ1) is 14.7. The van der Waals surface area contributed by atoms with Crippen LogP contribution in [0.1, 0.15) is 26.3 Å². The van der Waals surface area contributed by atoms with E-state index in [-0.39, 0.29) is 16.6 Å². The van der Waals surface area contributed by atoms with Gasteiger partial charge in [-0.3, -0.25) is 0 Å². The third-order valence-corrected chi connectivity index (χ3v) is 4.63. The Labute approximate surface area is 119 Å². The van der Waals surface area contributed by atoms with E-state index in [1.165, 1.54) is 0 Å². The highest BCUT2D eigenvalue weighted by molar-refractivity contribution is 8.00. The van der Waals surface area contributed by atoms with Crippen LogP contribution < -0.4 is 10.6 Å². The molecule has 1 atom stereocenters. The summed E-state index contributed by atoms with van der Waals surface area (Å²) in [5, 5.41) is 0. The highest BCUT2D eigenvalue weighted by atomic mass is 32.2. The molecule has 1 aromatic rings. The van der Waals surface area contributed by atoms with E-state index in [2.05, 4.69) is 18.7 Å². The van der Waals surface area contributed by atoms with Gasteiger partial charge in [0, 0.05) is 29.6 Å². The SMILES string of the molecule is CC(N)Cc1ccc(N2CCSC(C)(C)C2)c(F)c1. The second-order valence-electron chi connectivity index (χ2n) is 6.00. The molecule has 0 aromatic heterocycles. The molecule has 2 N–H and O–H groups in total. The molecule has 1 saturated heterocycles. The van der Waals surface area contributed by atoms with Gasteiger partial charge in [-0.05, 0) is 44.9 Å². The third kappa shape index (κ3) is 3.86.